The number of pyridine rings is 1. The summed E-state index contributed by atoms with van der Waals surface area (Å²) in [4.78, 5) is 13.4. The van der Waals surface area contributed by atoms with Gasteiger partial charge in [-0.2, -0.15) is 0 Å². The van der Waals surface area contributed by atoms with Crippen LogP contribution < -0.4 is 5.32 Å². The van der Waals surface area contributed by atoms with Crippen LogP contribution >= 0.6 is 15.9 Å². The fourth-order valence-electron chi connectivity index (χ4n) is 1.87. The van der Waals surface area contributed by atoms with Crippen LogP contribution in [0.5, 0.6) is 0 Å². The average molecular weight is 335 g/mol. The SMILES string of the molecule is Cc1cc(CNCC(C)C)nc(-c2ncccc2Br)n1. The molecule has 0 amide bonds. The third kappa shape index (κ3) is 4.08. The minimum absolute atomic E-state index is 0.627. The lowest BCUT2D eigenvalue weighted by Gasteiger charge is -2.09. The van der Waals surface area contributed by atoms with Crippen LogP contribution in [0.25, 0.3) is 11.5 Å². The molecule has 0 fully saturated rings. The van der Waals surface area contributed by atoms with Crippen molar-refractivity contribution in [2.75, 3.05) is 6.54 Å². The van der Waals surface area contributed by atoms with Crippen LogP contribution in [0.15, 0.2) is 28.9 Å². The van der Waals surface area contributed by atoms with E-state index >= 15 is 0 Å². The molecule has 0 bridgehead atoms. The van der Waals surface area contributed by atoms with Crippen molar-refractivity contribution in [3.8, 4) is 11.5 Å². The van der Waals surface area contributed by atoms with E-state index in [-0.39, 0.29) is 0 Å². The second kappa shape index (κ2) is 6.90. The normalized spacial score (nSPS) is 11.1. The highest BCUT2D eigenvalue weighted by atomic mass is 79.9. The Kier molecular flexibility index (Phi) is 5.20. The van der Waals surface area contributed by atoms with Crippen molar-refractivity contribution in [3.05, 3.63) is 40.3 Å². The highest BCUT2D eigenvalue weighted by molar-refractivity contribution is 9.10. The standard InChI is InChI=1S/C15H19BrN4/c1-10(2)8-17-9-12-7-11(3)19-15(20-12)14-13(16)5-4-6-18-14/h4-7,10,17H,8-9H2,1-3H3. The Bertz CT molecular complexity index is 584. The molecule has 5 heteroatoms. The fraction of sp³-hybridized carbons (Fsp3) is 0.400. The van der Waals surface area contributed by atoms with Crippen molar-refractivity contribution in [1.82, 2.24) is 20.3 Å². The molecule has 0 atom stereocenters. The number of rotatable bonds is 5. The Morgan fingerprint density at radius 1 is 1.30 bits per heavy atom. The van der Waals surface area contributed by atoms with Gasteiger partial charge in [0.15, 0.2) is 5.82 Å². The minimum Gasteiger partial charge on any atom is -0.311 e. The van der Waals surface area contributed by atoms with Crippen molar-refractivity contribution in [1.29, 1.82) is 0 Å². The second-order valence-corrected chi connectivity index (χ2v) is 6.04. The highest BCUT2D eigenvalue weighted by Crippen LogP contribution is 2.22. The molecule has 0 spiro atoms. The summed E-state index contributed by atoms with van der Waals surface area (Å²) in [5.41, 5.74) is 2.72. The Hall–Kier alpha value is -1.33. The van der Waals surface area contributed by atoms with Crippen LogP contribution in [0.1, 0.15) is 25.2 Å². The largest absolute Gasteiger partial charge is 0.311 e. The smallest absolute Gasteiger partial charge is 0.179 e. The van der Waals surface area contributed by atoms with Crippen molar-refractivity contribution >= 4 is 15.9 Å². The molecule has 4 nitrogen and oxygen atoms in total. The number of nitrogens with one attached hydrogen (secondary N) is 1. The molecule has 2 rings (SSSR count). The van der Waals surface area contributed by atoms with Gasteiger partial charge in [0.1, 0.15) is 5.69 Å². The predicted octanol–water partition coefficient (Wildman–Crippen LogP) is 3.36. The molecular weight excluding hydrogens is 316 g/mol. The Labute approximate surface area is 128 Å². The van der Waals surface area contributed by atoms with Gasteiger partial charge < -0.3 is 5.32 Å². The lowest BCUT2D eigenvalue weighted by atomic mass is 10.2. The first-order chi connectivity index (χ1) is 9.56. The van der Waals surface area contributed by atoms with Crippen LogP contribution in [0.3, 0.4) is 0 Å². The Morgan fingerprint density at radius 2 is 2.10 bits per heavy atom. The van der Waals surface area contributed by atoms with Crippen LogP contribution in [0.4, 0.5) is 0 Å². The van der Waals surface area contributed by atoms with E-state index in [1.165, 1.54) is 0 Å². The first kappa shape index (κ1) is 15.1. The monoisotopic (exact) mass is 334 g/mol. The van der Waals surface area contributed by atoms with E-state index in [1.807, 2.05) is 25.1 Å². The molecule has 2 aromatic rings. The molecule has 106 valence electrons. The van der Waals surface area contributed by atoms with E-state index in [2.05, 4.69) is 50.0 Å². The number of aromatic nitrogens is 3. The summed E-state index contributed by atoms with van der Waals surface area (Å²) in [6.07, 6.45) is 1.75. The lowest BCUT2D eigenvalue weighted by molar-refractivity contribution is 0.548. The maximum absolute atomic E-state index is 4.60. The molecule has 2 heterocycles. The topological polar surface area (TPSA) is 50.7 Å². The molecule has 0 saturated carbocycles. The van der Waals surface area contributed by atoms with E-state index in [4.69, 9.17) is 0 Å². The van der Waals surface area contributed by atoms with E-state index in [1.54, 1.807) is 6.20 Å². The zero-order valence-electron chi connectivity index (χ0n) is 12.0. The summed E-state index contributed by atoms with van der Waals surface area (Å²) >= 11 is 3.50. The molecule has 0 aromatic carbocycles. The van der Waals surface area contributed by atoms with Gasteiger partial charge in [-0.15, -0.1) is 0 Å². The third-order valence-corrected chi connectivity index (χ3v) is 3.38. The van der Waals surface area contributed by atoms with E-state index in [0.29, 0.717) is 11.7 Å². The molecule has 0 radical (unpaired) electrons. The van der Waals surface area contributed by atoms with E-state index in [9.17, 15) is 0 Å². The molecular formula is C15H19BrN4. The Balaban J connectivity index is 2.23. The maximum Gasteiger partial charge on any atom is 0.179 e. The van der Waals surface area contributed by atoms with Crippen LogP contribution in [0.2, 0.25) is 0 Å². The van der Waals surface area contributed by atoms with Crippen molar-refractivity contribution in [2.24, 2.45) is 5.92 Å². The summed E-state index contributed by atoms with van der Waals surface area (Å²) in [7, 11) is 0. The number of hydrogen-bond donors (Lipinski definition) is 1. The lowest BCUT2D eigenvalue weighted by Crippen LogP contribution is -2.20. The first-order valence-electron chi connectivity index (χ1n) is 6.72. The Morgan fingerprint density at radius 3 is 2.80 bits per heavy atom. The summed E-state index contributed by atoms with van der Waals surface area (Å²) in [5.74, 6) is 1.29. The summed E-state index contributed by atoms with van der Waals surface area (Å²) < 4.78 is 0.909. The zero-order chi connectivity index (χ0) is 14.5. The molecule has 20 heavy (non-hydrogen) atoms. The minimum atomic E-state index is 0.627. The van der Waals surface area contributed by atoms with E-state index < -0.39 is 0 Å². The molecule has 0 saturated heterocycles. The number of hydrogen-bond acceptors (Lipinski definition) is 4. The molecule has 0 aliphatic rings. The number of nitrogens with zero attached hydrogens (tertiary/aromatic N) is 3. The van der Waals surface area contributed by atoms with Gasteiger partial charge in [-0.05, 0) is 53.5 Å². The molecule has 0 unspecified atom stereocenters. The summed E-state index contributed by atoms with van der Waals surface area (Å²) in [5, 5.41) is 3.40. The van der Waals surface area contributed by atoms with Gasteiger partial charge in [0.05, 0.1) is 5.69 Å². The van der Waals surface area contributed by atoms with Gasteiger partial charge in [-0.1, -0.05) is 13.8 Å². The quantitative estimate of drug-likeness (QED) is 0.910. The van der Waals surface area contributed by atoms with Crippen LogP contribution in [0, 0.1) is 12.8 Å². The van der Waals surface area contributed by atoms with Gasteiger partial charge in [0, 0.05) is 22.9 Å². The number of halogens is 1. The van der Waals surface area contributed by atoms with Crippen molar-refractivity contribution in [3.63, 3.8) is 0 Å². The van der Waals surface area contributed by atoms with Gasteiger partial charge in [0.25, 0.3) is 0 Å². The van der Waals surface area contributed by atoms with Crippen LogP contribution in [-0.4, -0.2) is 21.5 Å². The van der Waals surface area contributed by atoms with Crippen LogP contribution in [-0.2, 0) is 6.54 Å². The average Bonchev–Trinajstić information content (AvgIpc) is 2.38. The van der Waals surface area contributed by atoms with Gasteiger partial charge >= 0.3 is 0 Å². The predicted molar refractivity (Wildman–Crippen MR) is 84.2 cm³/mol. The summed E-state index contributed by atoms with van der Waals surface area (Å²) in [6, 6.07) is 5.84. The molecule has 0 aliphatic carbocycles. The molecule has 0 aliphatic heterocycles. The fourth-order valence-corrected chi connectivity index (χ4v) is 2.30. The molecule has 1 N–H and O–H groups in total. The second-order valence-electron chi connectivity index (χ2n) is 5.18. The maximum atomic E-state index is 4.60. The van der Waals surface area contributed by atoms with Crippen molar-refractivity contribution in [2.45, 2.75) is 27.3 Å². The molecule has 2 aromatic heterocycles. The van der Waals surface area contributed by atoms with Gasteiger partial charge in [-0.25, -0.2) is 9.97 Å². The zero-order valence-corrected chi connectivity index (χ0v) is 13.6. The van der Waals surface area contributed by atoms with Crippen molar-refractivity contribution < 1.29 is 0 Å². The summed E-state index contributed by atoms with van der Waals surface area (Å²) in [6.45, 7) is 8.09. The number of aryl methyl sites for hydroxylation is 1. The van der Waals surface area contributed by atoms with E-state index in [0.717, 1.165) is 34.6 Å². The third-order valence-electron chi connectivity index (χ3n) is 2.74. The highest BCUT2D eigenvalue weighted by Gasteiger charge is 2.09. The van der Waals surface area contributed by atoms with Gasteiger partial charge in [-0.3, -0.25) is 4.98 Å². The van der Waals surface area contributed by atoms with Gasteiger partial charge in [0.2, 0.25) is 0 Å². The first-order valence-corrected chi connectivity index (χ1v) is 7.51.